The normalized spacial score (nSPS) is 26.1. The van der Waals surface area contributed by atoms with Crippen molar-refractivity contribution in [3.05, 3.63) is 58.7 Å². The molecule has 2 nitrogen and oxygen atoms in total. The van der Waals surface area contributed by atoms with E-state index in [4.69, 9.17) is 0 Å². The van der Waals surface area contributed by atoms with E-state index in [2.05, 4.69) is 63.4 Å². The molecule has 3 aliphatic carbocycles. The molecule has 37 heavy (non-hydrogen) atoms. The van der Waals surface area contributed by atoms with Gasteiger partial charge in [0.1, 0.15) is 0 Å². The molecular formula is C35H55NO. The van der Waals surface area contributed by atoms with Gasteiger partial charge in [-0.05, 0) is 87.7 Å². The largest absolute Gasteiger partial charge is 0.349 e. The Kier molecular flexibility index (Phi) is 11.5. The fourth-order valence-electron chi connectivity index (χ4n) is 7.19. The molecule has 2 heteroatoms. The Labute approximate surface area is 228 Å². The maximum absolute atomic E-state index is 13.0. The van der Waals surface area contributed by atoms with E-state index in [1.165, 1.54) is 113 Å². The highest BCUT2D eigenvalue weighted by Gasteiger charge is 2.40. The zero-order chi connectivity index (χ0) is 26.7. The van der Waals surface area contributed by atoms with E-state index in [0.29, 0.717) is 11.5 Å². The molecule has 1 unspecified atom stereocenters. The van der Waals surface area contributed by atoms with Crippen molar-refractivity contribution in [3.63, 3.8) is 0 Å². The van der Waals surface area contributed by atoms with Gasteiger partial charge in [0.2, 0.25) is 5.91 Å². The Morgan fingerprint density at radius 1 is 0.811 bits per heavy atom. The van der Waals surface area contributed by atoms with E-state index in [1.54, 1.807) is 6.08 Å². The van der Waals surface area contributed by atoms with Crippen LogP contribution in [0.15, 0.2) is 58.7 Å². The van der Waals surface area contributed by atoms with E-state index in [9.17, 15) is 4.79 Å². The maximum Gasteiger partial charge on any atom is 0.244 e. The minimum Gasteiger partial charge on any atom is -0.349 e. The van der Waals surface area contributed by atoms with Crippen molar-refractivity contribution in [1.82, 2.24) is 5.32 Å². The van der Waals surface area contributed by atoms with Crippen molar-refractivity contribution >= 4 is 5.91 Å². The van der Waals surface area contributed by atoms with E-state index in [-0.39, 0.29) is 11.3 Å². The van der Waals surface area contributed by atoms with Crippen molar-refractivity contribution < 1.29 is 4.79 Å². The van der Waals surface area contributed by atoms with Crippen LogP contribution in [0, 0.1) is 10.8 Å². The number of hydrogen-bond donors (Lipinski definition) is 1. The maximum atomic E-state index is 13.0. The zero-order valence-corrected chi connectivity index (χ0v) is 24.8. The molecule has 2 fully saturated rings. The van der Waals surface area contributed by atoms with E-state index < -0.39 is 0 Å². The molecule has 0 aromatic heterocycles. The third-order valence-corrected chi connectivity index (χ3v) is 9.45. The number of hydrogen-bond acceptors (Lipinski definition) is 1. The predicted molar refractivity (Wildman–Crippen MR) is 161 cm³/mol. The Hall–Kier alpha value is -1.83. The van der Waals surface area contributed by atoms with Crippen LogP contribution in [0.1, 0.15) is 137 Å². The molecule has 1 spiro atoms. The van der Waals surface area contributed by atoms with Crippen LogP contribution in [0.5, 0.6) is 0 Å². The van der Waals surface area contributed by atoms with Crippen LogP contribution in [0.25, 0.3) is 0 Å². The molecule has 0 radical (unpaired) electrons. The summed E-state index contributed by atoms with van der Waals surface area (Å²) in [5, 5.41) is 3.48. The van der Waals surface area contributed by atoms with Crippen molar-refractivity contribution in [2.75, 3.05) is 0 Å². The summed E-state index contributed by atoms with van der Waals surface area (Å²) in [4.78, 5) is 13.0. The summed E-state index contributed by atoms with van der Waals surface area (Å²) in [6, 6.07) is 0.343. The summed E-state index contributed by atoms with van der Waals surface area (Å²) < 4.78 is 0. The van der Waals surface area contributed by atoms with Gasteiger partial charge in [-0.25, -0.2) is 0 Å². The number of carbonyl (C=O) groups excluding carboxylic acids is 1. The Morgan fingerprint density at radius 3 is 2.08 bits per heavy atom. The lowest BCUT2D eigenvalue weighted by Gasteiger charge is -2.45. The number of nitrogens with one attached hydrogen (secondary N) is 1. The first kappa shape index (κ1) is 29.7. The average molecular weight is 506 g/mol. The lowest BCUT2D eigenvalue weighted by molar-refractivity contribution is -0.118. The zero-order valence-electron chi connectivity index (χ0n) is 24.8. The summed E-state index contributed by atoms with van der Waals surface area (Å²) in [6.07, 6.45) is 33.6. The van der Waals surface area contributed by atoms with Gasteiger partial charge in [0, 0.05) is 12.1 Å². The van der Waals surface area contributed by atoms with Gasteiger partial charge in [-0.1, -0.05) is 113 Å². The molecule has 0 aliphatic heterocycles. The number of allylic oxidation sites excluding steroid dienone is 9. The molecule has 1 N–H and O–H groups in total. The first-order valence-electron chi connectivity index (χ1n) is 15.4. The Bertz CT molecular complexity index is 900. The lowest BCUT2D eigenvalue weighted by atomic mass is 9.64. The van der Waals surface area contributed by atoms with E-state index >= 15 is 0 Å². The summed E-state index contributed by atoms with van der Waals surface area (Å²) in [6.45, 7) is 11.2. The van der Waals surface area contributed by atoms with E-state index in [1.807, 2.05) is 6.92 Å². The van der Waals surface area contributed by atoms with Crippen LogP contribution in [0.2, 0.25) is 0 Å². The molecule has 2 saturated carbocycles. The second-order valence-electron chi connectivity index (χ2n) is 13.1. The van der Waals surface area contributed by atoms with Crippen molar-refractivity contribution in [1.29, 1.82) is 0 Å². The summed E-state index contributed by atoms with van der Waals surface area (Å²) in [5.74, 6) is 0.0908. The van der Waals surface area contributed by atoms with Gasteiger partial charge in [0.25, 0.3) is 0 Å². The number of rotatable bonds is 6. The molecule has 1 amide bonds. The third kappa shape index (κ3) is 9.15. The quantitative estimate of drug-likeness (QED) is 0.282. The Balaban J connectivity index is 1.59. The topological polar surface area (TPSA) is 29.1 Å². The van der Waals surface area contributed by atoms with Gasteiger partial charge in [-0.2, -0.15) is 0 Å². The van der Waals surface area contributed by atoms with Crippen LogP contribution in [-0.4, -0.2) is 11.9 Å². The highest BCUT2D eigenvalue weighted by molar-refractivity contribution is 5.88. The van der Waals surface area contributed by atoms with Crippen LogP contribution in [-0.2, 0) is 4.79 Å². The highest BCUT2D eigenvalue weighted by atomic mass is 16.1. The van der Waals surface area contributed by atoms with Crippen LogP contribution in [0.3, 0.4) is 0 Å². The molecule has 3 rings (SSSR count). The molecule has 0 aromatic carbocycles. The van der Waals surface area contributed by atoms with Crippen LogP contribution in [0.4, 0.5) is 0 Å². The van der Waals surface area contributed by atoms with Gasteiger partial charge in [0.05, 0.1) is 0 Å². The molecule has 0 bridgehead atoms. The van der Waals surface area contributed by atoms with Crippen LogP contribution >= 0.6 is 0 Å². The van der Waals surface area contributed by atoms with Crippen molar-refractivity contribution in [3.8, 4) is 0 Å². The highest BCUT2D eigenvalue weighted by Crippen LogP contribution is 2.45. The van der Waals surface area contributed by atoms with Gasteiger partial charge in [-0.15, -0.1) is 0 Å². The molecule has 206 valence electrons. The fraction of sp³-hybridized carbons (Fsp3) is 0.686. The fourth-order valence-corrected chi connectivity index (χ4v) is 7.19. The summed E-state index contributed by atoms with van der Waals surface area (Å²) in [7, 11) is 0. The molecule has 0 aromatic rings. The molecule has 0 saturated heterocycles. The molecule has 3 aliphatic rings. The average Bonchev–Trinajstić information content (AvgIpc) is 2.84. The monoisotopic (exact) mass is 505 g/mol. The first-order valence-corrected chi connectivity index (χ1v) is 15.4. The minimum atomic E-state index is 0.0908. The van der Waals surface area contributed by atoms with Gasteiger partial charge < -0.3 is 5.32 Å². The first-order chi connectivity index (χ1) is 17.7. The van der Waals surface area contributed by atoms with Gasteiger partial charge in [-0.3, -0.25) is 4.79 Å². The Morgan fingerprint density at radius 2 is 1.43 bits per heavy atom. The molecule has 0 heterocycles. The lowest BCUT2D eigenvalue weighted by Crippen LogP contribution is -2.49. The smallest absolute Gasteiger partial charge is 0.244 e. The van der Waals surface area contributed by atoms with Crippen molar-refractivity contribution in [2.45, 2.75) is 143 Å². The minimum absolute atomic E-state index is 0.0908. The molecular weight excluding hydrogens is 450 g/mol. The third-order valence-electron chi connectivity index (χ3n) is 9.45. The predicted octanol–water partition coefficient (Wildman–Crippen LogP) is 10.1. The standard InChI is InChI=1S/C35H55NO/c1-28(21-22-31-30(3)19-16-23-34(31,4)5)17-15-18-29(2)27-33(37)36-32-20-11-14-26-35(32)24-12-9-7-6-8-10-13-25-35/h15,17-18,21-22,27,32H,6-14,16,19-20,23-26H2,1-5H3,(H,36,37). The van der Waals surface area contributed by atoms with Crippen LogP contribution < -0.4 is 5.32 Å². The van der Waals surface area contributed by atoms with E-state index in [0.717, 1.165) is 12.0 Å². The number of carbonyl (C=O) groups is 1. The SMILES string of the molecule is CC(C=CC1=C(C)CCCC1(C)C)=CC=CC(C)=CC(=O)NC1CCCCC12CCCCCCCCC2. The summed E-state index contributed by atoms with van der Waals surface area (Å²) >= 11 is 0. The second-order valence-corrected chi connectivity index (χ2v) is 13.1. The number of amides is 1. The molecule has 1 atom stereocenters. The van der Waals surface area contributed by atoms with Crippen molar-refractivity contribution in [2.24, 2.45) is 10.8 Å². The van der Waals surface area contributed by atoms with Gasteiger partial charge >= 0.3 is 0 Å². The summed E-state index contributed by atoms with van der Waals surface area (Å²) in [5.41, 5.74) is 5.87. The van der Waals surface area contributed by atoms with Gasteiger partial charge in [0.15, 0.2) is 0 Å². The second kappa shape index (κ2) is 14.4.